The first-order valence-electron chi connectivity index (χ1n) is 10.8. The van der Waals surface area contributed by atoms with Gasteiger partial charge in [0.05, 0.1) is 16.4 Å². The summed E-state index contributed by atoms with van der Waals surface area (Å²) in [6.45, 7) is 4.57. The number of hydrogen-bond donors (Lipinski definition) is 0. The molecule has 2 aromatic heterocycles. The number of benzene rings is 2. The van der Waals surface area contributed by atoms with Crippen molar-refractivity contribution in [1.82, 2.24) is 20.1 Å². The van der Waals surface area contributed by atoms with Gasteiger partial charge in [0.1, 0.15) is 9.88 Å². The quantitative estimate of drug-likeness (QED) is 0.406. The number of nitrogens with zero attached hydrogens (tertiary/aromatic N) is 5. The summed E-state index contributed by atoms with van der Waals surface area (Å²) >= 11 is 7.73. The standard InChI is InChI=1S/C25H22ClN5OS/c1-17-23(33-24(27-17)18-7-3-2-4-8-18)25(32)31-15-13-30(14-16-31)22-12-11-21(28-29-22)19-9-5-6-10-20(19)26/h2-12H,13-16H2,1H3. The molecule has 0 saturated carbocycles. The molecule has 166 valence electrons. The van der Waals surface area contributed by atoms with Crippen molar-refractivity contribution in [2.24, 2.45) is 0 Å². The second-order valence-corrected chi connectivity index (χ2v) is 9.24. The summed E-state index contributed by atoms with van der Waals surface area (Å²) < 4.78 is 0. The molecule has 8 heteroatoms. The molecule has 0 aliphatic carbocycles. The highest BCUT2D eigenvalue weighted by Gasteiger charge is 2.26. The van der Waals surface area contributed by atoms with Crippen LogP contribution in [-0.2, 0) is 0 Å². The van der Waals surface area contributed by atoms with E-state index < -0.39 is 0 Å². The Morgan fingerprint density at radius 3 is 2.33 bits per heavy atom. The summed E-state index contributed by atoms with van der Waals surface area (Å²) in [5, 5.41) is 10.3. The van der Waals surface area contributed by atoms with Gasteiger partial charge in [-0.25, -0.2) is 4.98 Å². The Hall–Kier alpha value is -3.29. The van der Waals surface area contributed by atoms with Crippen molar-refractivity contribution in [1.29, 1.82) is 0 Å². The molecule has 1 amide bonds. The lowest BCUT2D eigenvalue weighted by molar-refractivity contribution is 0.0750. The Bertz CT molecular complexity index is 1270. The van der Waals surface area contributed by atoms with E-state index in [1.54, 1.807) is 0 Å². The average molecular weight is 476 g/mol. The molecule has 0 atom stereocenters. The molecule has 2 aromatic carbocycles. The molecule has 6 nitrogen and oxygen atoms in total. The first-order valence-corrected chi connectivity index (χ1v) is 12.0. The second kappa shape index (κ2) is 9.29. The number of carbonyl (C=O) groups is 1. The molecule has 1 aliphatic rings. The number of anilines is 1. The van der Waals surface area contributed by atoms with Crippen LogP contribution in [-0.4, -0.2) is 52.2 Å². The molecule has 4 aromatic rings. The third-order valence-corrected chi connectivity index (χ3v) is 7.23. The molecule has 0 bridgehead atoms. The van der Waals surface area contributed by atoms with E-state index in [9.17, 15) is 4.79 Å². The molecule has 0 spiro atoms. The number of amides is 1. The molecular formula is C25H22ClN5OS. The van der Waals surface area contributed by atoms with Crippen LogP contribution in [0, 0.1) is 6.92 Å². The van der Waals surface area contributed by atoms with Crippen LogP contribution in [0.5, 0.6) is 0 Å². The Morgan fingerprint density at radius 2 is 1.64 bits per heavy atom. The zero-order valence-corrected chi connectivity index (χ0v) is 19.7. The molecule has 3 heterocycles. The summed E-state index contributed by atoms with van der Waals surface area (Å²) in [6.07, 6.45) is 0. The molecular weight excluding hydrogens is 454 g/mol. The van der Waals surface area contributed by atoms with Crippen molar-refractivity contribution >= 4 is 34.7 Å². The maximum atomic E-state index is 13.2. The summed E-state index contributed by atoms with van der Waals surface area (Å²) in [5.74, 6) is 0.852. The zero-order chi connectivity index (χ0) is 22.8. The SMILES string of the molecule is Cc1nc(-c2ccccc2)sc1C(=O)N1CCN(c2ccc(-c3ccccc3Cl)nn2)CC1. The number of aryl methyl sites for hydroxylation is 1. The summed E-state index contributed by atoms with van der Waals surface area (Å²) in [5.41, 5.74) is 3.43. The number of carbonyl (C=O) groups excluding carboxylic acids is 1. The van der Waals surface area contributed by atoms with Gasteiger partial charge in [-0.3, -0.25) is 4.79 Å². The van der Waals surface area contributed by atoms with Crippen LogP contribution in [0.2, 0.25) is 5.02 Å². The minimum absolute atomic E-state index is 0.0481. The van der Waals surface area contributed by atoms with Crippen LogP contribution >= 0.6 is 22.9 Å². The average Bonchev–Trinajstić information content (AvgIpc) is 3.26. The third-order valence-electron chi connectivity index (χ3n) is 5.70. The maximum Gasteiger partial charge on any atom is 0.265 e. The van der Waals surface area contributed by atoms with E-state index >= 15 is 0 Å². The number of halogens is 1. The molecule has 0 N–H and O–H groups in total. The third kappa shape index (κ3) is 4.47. The number of aromatic nitrogens is 3. The van der Waals surface area contributed by atoms with Crippen molar-refractivity contribution in [3.05, 3.63) is 82.3 Å². The molecule has 1 fully saturated rings. The predicted octanol–water partition coefficient (Wildman–Crippen LogP) is 5.19. The van der Waals surface area contributed by atoms with Crippen molar-refractivity contribution in [3.8, 4) is 21.8 Å². The van der Waals surface area contributed by atoms with Crippen LogP contribution in [0.4, 0.5) is 5.82 Å². The molecule has 5 rings (SSSR count). The highest BCUT2D eigenvalue weighted by Crippen LogP contribution is 2.29. The minimum Gasteiger partial charge on any atom is -0.352 e. The van der Waals surface area contributed by atoms with Gasteiger partial charge in [-0.2, -0.15) is 0 Å². The number of piperazine rings is 1. The van der Waals surface area contributed by atoms with Gasteiger partial charge in [0, 0.05) is 37.3 Å². The first kappa shape index (κ1) is 21.6. The van der Waals surface area contributed by atoms with Gasteiger partial charge in [-0.15, -0.1) is 21.5 Å². The van der Waals surface area contributed by atoms with Crippen molar-refractivity contribution in [2.45, 2.75) is 6.92 Å². The monoisotopic (exact) mass is 475 g/mol. The van der Waals surface area contributed by atoms with E-state index in [0.717, 1.165) is 33.3 Å². The zero-order valence-electron chi connectivity index (χ0n) is 18.1. The second-order valence-electron chi connectivity index (χ2n) is 7.84. The van der Waals surface area contributed by atoms with Crippen molar-refractivity contribution < 1.29 is 4.79 Å². The van der Waals surface area contributed by atoms with Crippen LogP contribution in [0.3, 0.4) is 0 Å². The van der Waals surface area contributed by atoms with Gasteiger partial charge >= 0.3 is 0 Å². The normalized spacial score (nSPS) is 13.9. The van der Waals surface area contributed by atoms with Gasteiger partial charge in [-0.1, -0.05) is 60.1 Å². The molecule has 0 unspecified atom stereocenters. The predicted molar refractivity (Wildman–Crippen MR) is 133 cm³/mol. The lowest BCUT2D eigenvalue weighted by atomic mass is 10.1. The van der Waals surface area contributed by atoms with E-state index in [1.165, 1.54) is 11.3 Å². The van der Waals surface area contributed by atoms with Gasteiger partial charge in [-0.05, 0) is 25.1 Å². The topological polar surface area (TPSA) is 62.2 Å². The highest BCUT2D eigenvalue weighted by molar-refractivity contribution is 7.17. The Labute approximate surface area is 201 Å². The lowest BCUT2D eigenvalue weighted by Crippen LogP contribution is -2.49. The van der Waals surface area contributed by atoms with Gasteiger partial charge in [0.25, 0.3) is 5.91 Å². The van der Waals surface area contributed by atoms with Crippen LogP contribution < -0.4 is 4.90 Å². The molecule has 1 saturated heterocycles. The fourth-order valence-corrected chi connectivity index (χ4v) is 5.16. The van der Waals surface area contributed by atoms with Gasteiger partial charge in [0.2, 0.25) is 0 Å². The highest BCUT2D eigenvalue weighted by atomic mass is 35.5. The van der Waals surface area contributed by atoms with Crippen LogP contribution in [0.1, 0.15) is 15.4 Å². The number of rotatable bonds is 4. The maximum absolute atomic E-state index is 13.2. The Kier molecular flexibility index (Phi) is 6.07. The lowest BCUT2D eigenvalue weighted by Gasteiger charge is -2.35. The number of thiazole rings is 1. The Morgan fingerprint density at radius 1 is 0.909 bits per heavy atom. The fraction of sp³-hybridized carbons (Fsp3) is 0.200. The van der Waals surface area contributed by atoms with E-state index in [0.29, 0.717) is 36.1 Å². The molecule has 33 heavy (non-hydrogen) atoms. The smallest absolute Gasteiger partial charge is 0.265 e. The van der Waals surface area contributed by atoms with E-state index in [2.05, 4.69) is 20.1 Å². The Balaban J connectivity index is 1.25. The first-order chi connectivity index (χ1) is 16.1. The van der Waals surface area contributed by atoms with E-state index in [-0.39, 0.29) is 5.91 Å². The molecule has 0 radical (unpaired) electrons. The van der Waals surface area contributed by atoms with Gasteiger partial charge < -0.3 is 9.80 Å². The summed E-state index contributed by atoms with van der Waals surface area (Å²) in [6, 6.07) is 21.5. The summed E-state index contributed by atoms with van der Waals surface area (Å²) in [4.78, 5) is 22.6. The van der Waals surface area contributed by atoms with Crippen LogP contribution in [0.15, 0.2) is 66.7 Å². The van der Waals surface area contributed by atoms with Crippen LogP contribution in [0.25, 0.3) is 21.8 Å². The van der Waals surface area contributed by atoms with Crippen molar-refractivity contribution in [2.75, 3.05) is 31.1 Å². The van der Waals surface area contributed by atoms with E-state index in [4.69, 9.17) is 11.6 Å². The largest absolute Gasteiger partial charge is 0.352 e. The summed E-state index contributed by atoms with van der Waals surface area (Å²) in [7, 11) is 0. The molecule has 1 aliphatic heterocycles. The number of hydrogen-bond acceptors (Lipinski definition) is 6. The van der Waals surface area contributed by atoms with Crippen molar-refractivity contribution in [3.63, 3.8) is 0 Å². The fourth-order valence-electron chi connectivity index (χ4n) is 3.89. The van der Waals surface area contributed by atoms with Gasteiger partial charge in [0.15, 0.2) is 5.82 Å². The minimum atomic E-state index is 0.0481. The van der Waals surface area contributed by atoms with E-state index in [1.807, 2.05) is 78.6 Å².